The molecule has 2 rings (SSSR count). The van der Waals surface area contributed by atoms with Crippen molar-refractivity contribution in [3.05, 3.63) is 34.0 Å². The number of hydrogen-bond acceptors (Lipinski definition) is 5. The molecule has 0 radical (unpaired) electrons. The molecular weight excluding hydrogens is 304 g/mol. The van der Waals surface area contributed by atoms with Gasteiger partial charge < -0.3 is 4.74 Å². The Morgan fingerprint density at radius 1 is 1.59 bits per heavy atom. The molecule has 0 aromatic carbocycles. The predicted octanol–water partition coefficient (Wildman–Crippen LogP) is 2.68. The Morgan fingerprint density at radius 3 is 3.06 bits per heavy atom. The molecule has 0 aliphatic rings. The van der Waals surface area contributed by atoms with E-state index in [9.17, 15) is 4.79 Å². The number of aromatic nitrogens is 2. The van der Waals surface area contributed by atoms with Crippen LogP contribution in [0.25, 0.3) is 10.6 Å². The molecule has 2 heterocycles. The van der Waals surface area contributed by atoms with Gasteiger partial charge in [0, 0.05) is 16.0 Å². The summed E-state index contributed by atoms with van der Waals surface area (Å²) in [5, 5.41) is 1.98. The van der Waals surface area contributed by atoms with E-state index in [0.29, 0.717) is 5.82 Å². The van der Waals surface area contributed by atoms with Crippen LogP contribution in [0.15, 0.2) is 28.2 Å². The highest BCUT2D eigenvalue weighted by atomic mass is 79.9. The fraction of sp³-hybridized carbons (Fsp3) is 0.182. The van der Waals surface area contributed by atoms with Crippen LogP contribution >= 0.6 is 27.3 Å². The van der Waals surface area contributed by atoms with Gasteiger partial charge in [-0.2, -0.15) is 0 Å². The van der Waals surface area contributed by atoms with Gasteiger partial charge in [-0.05, 0) is 28.1 Å². The summed E-state index contributed by atoms with van der Waals surface area (Å²) < 4.78 is 5.60. The van der Waals surface area contributed by atoms with E-state index >= 15 is 0 Å². The molecule has 0 atom stereocenters. The fourth-order valence-corrected chi connectivity index (χ4v) is 2.67. The summed E-state index contributed by atoms with van der Waals surface area (Å²) in [6.07, 6.45) is 1.74. The van der Waals surface area contributed by atoms with Crippen LogP contribution in [0.5, 0.6) is 0 Å². The Labute approximate surface area is 111 Å². The van der Waals surface area contributed by atoms with Gasteiger partial charge in [-0.1, -0.05) is 0 Å². The molecule has 0 N–H and O–H groups in total. The van der Waals surface area contributed by atoms with Gasteiger partial charge in [0.2, 0.25) is 0 Å². The first-order valence-corrected chi connectivity index (χ1v) is 6.49. The molecule has 0 aliphatic carbocycles. The lowest BCUT2D eigenvalue weighted by Gasteiger charge is -2.00. The molecule has 0 saturated heterocycles. The summed E-state index contributed by atoms with van der Waals surface area (Å²) in [5.41, 5.74) is 0.814. The van der Waals surface area contributed by atoms with E-state index < -0.39 is 0 Å². The van der Waals surface area contributed by atoms with E-state index in [2.05, 4.69) is 30.6 Å². The lowest BCUT2D eigenvalue weighted by atomic mass is 10.3. The predicted molar refractivity (Wildman–Crippen MR) is 68.8 cm³/mol. The van der Waals surface area contributed by atoms with E-state index in [1.54, 1.807) is 17.5 Å². The van der Waals surface area contributed by atoms with Crippen molar-refractivity contribution in [3.8, 4) is 10.6 Å². The number of carbonyl (C=O) groups excluding carboxylic acids is 1. The molecule has 2 aromatic rings. The molecule has 0 aliphatic heterocycles. The molecule has 0 unspecified atom stereocenters. The first-order valence-electron chi connectivity index (χ1n) is 4.82. The molecule has 0 bridgehead atoms. The minimum absolute atomic E-state index is 0.0941. The van der Waals surface area contributed by atoms with Crippen molar-refractivity contribution in [1.82, 2.24) is 9.97 Å². The monoisotopic (exact) mass is 312 g/mol. The van der Waals surface area contributed by atoms with Gasteiger partial charge in [0.15, 0.2) is 0 Å². The van der Waals surface area contributed by atoms with E-state index in [4.69, 9.17) is 0 Å². The second kappa shape index (κ2) is 5.37. The number of nitrogens with zero attached hydrogens (tertiary/aromatic N) is 2. The van der Waals surface area contributed by atoms with Crippen LogP contribution in [0.4, 0.5) is 0 Å². The third-order valence-electron chi connectivity index (χ3n) is 2.06. The zero-order valence-corrected chi connectivity index (χ0v) is 11.4. The zero-order valence-electron chi connectivity index (χ0n) is 9.01. The second-order valence-electron chi connectivity index (χ2n) is 3.24. The SMILES string of the molecule is COC(=O)Cc1nccc(-c2cc(Br)cs2)n1. The topological polar surface area (TPSA) is 52.1 Å². The van der Waals surface area contributed by atoms with Crippen molar-refractivity contribution in [3.63, 3.8) is 0 Å². The Morgan fingerprint density at radius 2 is 2.41 bits per heavy atom. The summed E-state index contributed by atoms with van der Waals surface area (Å²) >= 11 is 4.97. The number of methoxy groups -OCH3 is 1. The van der Waals surface area contributed by atoms with Gasteiger partial charge in [-0.3, -0.25) is 4.79 Å². The zero-order chi connectivity index (χ0) is 12.3. The molecule has 17 heavy (non-hydrogen) atoms. The van der Waals surface area contributed by atoms with E-state index in [1.807, 2.05) is 17.5 Å². The lowest BCUT2D eigenvalue weighted by molar-refractivity contribution is -0.139. The highest BCUT2D eigenvalue weighted by Gasteiger charge is 2.08. The summed E-state index contributed by atoms with van der Waals surface area (Å²) in [6, 6.07) is 3.80. The quantitative estimate of drug-likeness (QED) is 0.818. The average molecular weight is 313 g/mol. The minimum atomic E-state index is -0.338. The molecule has 0 amide bonds. The van der Waals surface area contributed by atoms with Gasteiger partial charge in [0.05, 0.1) is 17.7 Å². The third kappa shape index (κ3) is 3.10. The maximum absolute atomic E-state index is 11.1. The van der Waals surface area contributed by atoms with E-state index in [-0.39, 0.29) is 12.4 Å². The van der Waals surface area contributed by atoms with Gasteiger partial charge in [0.1, 0.15) is 12.2 Å². The van der Waals surface area contributed by atoms with Crippen molar-refractivity contribution < 1.29 is 9.53 Å². The number of hydrogen-bond donors (Lipinski definition) is 0. The Kier molecular flexibility index (Phi) is 3.86. The molecular formula is C11H9BrN2O2S. The standard InChI is InChI=1S/C11H9BrN2O2S/c1-16-11(15)5-10-13-3-2-8(14-10)9-4-7(12)6-17-9/h2-4,6H,5H2,1H3. The molecule has 88 valence electrons. The second-order valence-corrected chi connectivity index (χ2v) is 5.07. The number of carbonyl (C=O) groups is 1. The van der Waals surface area contributed by atoms with Crippen molar-refractivity contribution in [1.29, 1.82) is 0 Å². The molecule has 6 heteroatoms. The highest BCUT2D eigenvalue weighted by Crippen LogP contribution is 2.28. The number of thiophene rings is 1. The van der Waals surface area contributed by atoms with Crippen LogP contribution in [-0.4, -0.2) is 23.0 Å². The Hall–Kier alpha value is -1.27. The highest BCUT2D eigenvalue weighted by molar-refractivity contribution is 9.10. The maximum Gasteiger partial charge on any atom is 0.313 e. The number of esters is 1. The van der Waals surface area contributed by atoms with Gasteiger partial charge >= 0.3 is 5.97 Å². The molecule has 0 saturated carbocycles. The van der Waals surface area contributed by atoms with Crippen LogP contribution in [0.3, 0.4) is 0 Å². The van der Waals surface area contributed by atoms with Crippen LogP contribution < -0.4 is 0 Å². The maximum atomic E-state index is 11.1. The van der Waals surface area contributed by atoms with Gasteiger partial charge in [0.25, 0.3) is 0 Å². The number of ether oxygens (including phenoxy) is 1. The summed E-state index contributed by atoms with van der Waals surface area (Å²) in [5.74, 6) is 0.133. The normalized spacial score (nSPS) is 10.2. The van der Waals surface area contributed by atoms with E-state index in [1.165, 1.54) is 7.11 Å². The first-order chi connectivity index (χ1) is 8.19. The third-order valence-corrected chi connectivity index (χ3v) is 3.77. The molecule has 0 spiro atoms. The Bertz CT molecular complexity index is 542. The molecule has 4 nitrogen and oxygen atoms in total. The largest absolute Gasteiger partial charge is 0.469 e. The van der Waals surface area contributed by atoms with Crippen molar-refractivity contribution in [2.24, 2.45) is 0 Å². The van der Waals surface area contributed by atoms with Crippen LogP contribution in [0, 0.1) is 0 Å². The lowest BCUT2D eigenvalue weighted by Crippen LogP contribution is -2.08. The molecule has 0 fully saturated rings. The van der Waals surface area contributed by atoms with E-state index in [0.717, 1.165) is 15.0 Å². The summed E-state index contributed by atoms with van der Waals surface area (Å²) in [6.45, 7) is 0. The number of rotatable bonds is 3. The van der Waals surface area contributed by atoms with Gasteiger partial charge in [-0.15, -0.1) is 11.3 Å². The smallest absolute Gasteiger partial charge is 0.313 e. The van der Waals surface area contributed by atoms with Crippen molar-refractivity contribution >= 4 is 33.2 Å². The number of halogens is 1. The minimum Gasteiger partial charge on any atom is -0.469 e. The van der Waals surface area contributed by atoms with Crippen LogP contribution in [0.1, 0.15) is 5.82 Å². The average Bonchev–Trinajstić information content (AvgIpc) is 2.76. The summed E-state index contributed by atoms with van der Waals surface area (Å²) in [4.78, 5) is 20.5. The van der Waals surface area contributed by atoms with Crippen molar-refractivity contribution in [2.75, 3.05) is 7.11 Å². The van der Waals surface area contributed by atoms with Crippen LogP contribution in [0.2, 0.25) is 0 Å². The van der Waals surface area contributed by atoms with Crippen molar-refractivity contribution in [2.45, 2.75) is 6.42 Å². The summed E-state index contributed by atoms with van der Waals surface area (Å²) in [7, 11) is 1.35. The fourth-order valence-electron chi connectivity index (χ4n) is 1.27. The Balaban J connectivity index is 2.25. The van der Waals surface area contributed by atoms with Gasteiger partial charge in [-0.25, -0.2) is 9.97 Å². The molecule has 2 aromatic heterocycles. The van der Waals surface area contributed by atoms with Crippen LogP contribution in [-0.2, 0) is 16.0 Å². The first kappa shape index (κ1) is 12.2.